The second-order valence-electron chi connectivity index (χ2n) is 9.00. The van der Waals surface area contributed by atoms with Crippen LogP contribution in [0, 0.1) is 0 Å². The lowest BCUT2D eigenvalue weighted by Crippen LogP contribution is -2.30. The number of amides is 2. The Morgan fingerprint density at radius 3 is 2.46 bits per heavy atom. The highest BCUT2D eigenvalue weighted by atomic mass is 35.5. The van der Waals surface area contributed by atoms with Crippen LogP contribution in [0.2, 0.25) is 5.02 Å². The molecule has 0 saturated carbocycles. The van der Waals surface area contributed by atoms with Crippen LogP contribution in [0.5, 0.6) is 0 Å². The fraction of sp³-hybridized carbons (Fsp3) is 0.250. The SMILES string of the molecule is O=C(Nc1ccc(N2CCCCC2)cc1C(=O)N/N=C\c1ccc(Cl)c(C(F)(F)F)c1)c1cccc(CCl)c1. The summed E-state index contributed by atoms with van der Waals surface area (Å²) in [4.78, 5) is 28.3. The third kappa shape index (κ3) is 7.30. The van der Waals surface area contributed by atoms with Crippen molar-refractivity contribution >= 4 is 52.6 Å². The van der Waals surface area contributed by atoms with Crippen molar-refractivity contribution in [3.05, 3.63) is 93.5 Å². The molecule has 0 radical (unpaired) electrons. The minimum atomic E-state index is -4.63. The van der Waals surface area contributed by atoms with E-state index in [-0.39, 0.29) is 22.7 Å². The monoisotopic (exact) mass is 576 g/mol. The molecular weight excluding hydrogens is 552 g/mol. The van der Waals surface area contributed by atoms with Crippen LogP contribution < -0.4 is 15.6 Å². The van der Waals surface area contributed by atoms with E-state index in [9.17, 15) is 22.8 Å². The molecule has 39 heavy (non-hydrogen) atoms. The van der Waals surface area contributed by atoms with Crippen LogP contribution in [-0.4, -0.2) is 31.1 Å². The van der Waals surface area contributed by atoms with Crippen molar-refractivity contribution in [1.29, 1.82) is 0 Å². The molecule has 4 rings (SSSR count). The molecule has 1 fully saturated rings. The van der Waals surface area contributed by atoms with Gasteiger partial charge >= 0.3 is 6.18 Å². The molecule has 1 aliphatic heterocycles. The van der Waals surface area contributed by atoms with Crippen molar-refractivity contribution in [2.45, 2.75) is 31.3 Å². The zero-order valence-electron chi connectivity index (χ0n) is 20.7. The maximum absolute atomic E-state index is 13.2. The maximum Gasteiger partial charge on any atom is 0.417 e. The number of benzene rings is 3. The molecule has 0 spiro atoms. The first kappa shape index (κ1) is 28.4. The van der Waals surface area contributed by atoms with Crippen molar-refractivity contribution in [2.75, 3.05) is 23.3 Å². The topological polar surface area (TPSA) is 73.8 Å². The number of halogens is 5. The Balaban J connectivity index is 1.58. The molecule has 204 valence electrons. The highest BCUT2D eigenvalue weighted by Crippen LogP contribution is 2.35. The van der Waals surface area contributed by atoms with E-state index in [1.807, 2.05) is 6.07 Å². The Bertz CT molecular complexity index is 1390. The molecular formula is C28H25Cl2F3N4O2. The van der Waals surface area contributed by atoms with E-state index in [0.717, 1.165) is 62.0 Å². The number of hydrogen-bond acceptors (Lipinski definition) is 4. The Morgan fingerprint density at radius 1 is 0.974 bits per heavy atom. The molecule has 0 unspecified atom stereocenters. The van der Waals surface area contributed by atoms with Gasteiger partial charge in [0.15, 0.2) is 0 Å². The van der Waals surface area contributed by atoms with Gasteiger partial charge in [0.05, 0.1) is 28.1 Å². The van der Waals surface area contributed by atoms with E-state index >= 15 is 0 Å². The lowest BCUT2D eigenvalue weighted by atomic mass is 10.1. The summed E-state index contributed by atoms with van der Waals surface area (Å²) in [6, 6.07) is 15.3. The molecule has 0 atom stereocenters. The third-order valence-corrected chi connectivity index (χ3v) is 6.87. The number of nitrogens with one attached hydrogen (secondary N) is 2. The van der Waals surface area contributed by atoms with E-state index in [1.165, 1.54) is 6.07 Å². The van der Waals surface area contributed by atoms with Crippen LogP contribution in [0.4, 0.5) is 24.5 Å². The number of piperidine rings is 1. The Kier molecular flexibility index (Phi) is 9.14. The van der Waals surface area contributed by atoms with Gasteiger partial charge in [-0.05, 0) is 72.9 Å². The van der Waals surface area contributed by atoms with Gasteiger partial charge in [-0.3, -0.25) is 9.59 Å². The Hall–Kier alpha value is -3.56. The predicted molar refractivity (Wildman–Crippen MR) is 148 cm³/mol. The second kappa shape index (κ2) is 12.5. The standard InChI is InChI=1S/C28H25Cl2F3N4O2/c29-16-18-5-4-6-20(13-18)26(38)35-25-10-8-21(37-11-2-1-3-12-37)15-22(25)27(39)36-34-17-19-7-9-24(30)23(14-19)28(31,32)33/h4-10,13-15,17H,1-3,11-12,16H2,(H,35,38)(H,36,39)/b34-17-. The van der Waals surface area contributed by atoms with Crippen molar-refractivity contribution in [2.24, 2.45) is 5.10 Å². The summed E-state index contributed by atoms with van der Waals surface area (Å²) in [5, 5.41) is 6.18. The van der Waals surface area contributed by atoms with Crippen LogP contribution in [0.25, 0.3) is 0 Å². The van der Waals surface area contributed by atoms with Crippen LogP contribution >= 0.6 is 23.2 Å². The van der Waals surface area contributed by atoms with E-state index in [0.29, 0.717) is 5.56 Å². The van der Waals surface area contributed by atoms with Crippen LogP contribution in [0.15, 0.2) is 65.8 Å². The lowest BCUT2D eigenvalue weighted by molar-refractivity contribution is -0.137. The summed E-state index contributed by atoms with van der Waals surface area (Å²) >= 11 is 11.6. The minimum absolute atomic E-state index is 0.0989. The number of hydrazone groups is 1. The van der Waals surface area contributed by atoms with Gasteiger partial charge in [0, 0.05) is 30.2 Å². The Morgan fingerprint density at radius 2 is 1.74 bits per heavy atom. The molecule has 3 aromatic rings. The zero-order chi connectivity index (χ0) is 28.0. The summed E-state index contributed by atoms with van der Waals surface area (Å²) in [5.41, 5.74) is 3.83. The summed E-state index contributed by atoms with van der Waals surface area (Å²) in [6.07, 6.45) is -0.345. The van der Waals surface area contributed by atoms with Crippen molar-refractivity contribution in [3.63, 3.8) is 0 Å². The number of carbonyl (C=O) groups is 2. The van der Waals surface area contributed by atoms with Crippen LogP contribution in [0.3, 0.4) is 0 Å². The van der Waals surface area contributed by atoms with Gasteiger partial charge in [0.1, 0.15) is 0 Å². The van der Waals surface area contributed by atoms with Crippen molar-refractivity contribution in [3.8, 4) is 0 Å². The van der Waals surface area contributed by atoms with Gasteiger partial charge in [-0.2, -0.15) is 18.3 Å². The van der Waals surface area contributed by atoms with Gasteiger partial charge in [0.25, 0.3) is 11.8 Å². The zero-order valence-corrected chi connectivity index (χ0v) is 22.2. The average Bonchev–Trinajstić information content (AvgIpc) is 2.94. The highest BCUT2D eigenvalue weighted by molar-refractivity contribution is 6.31. The van der Waals surface area contributed by atoms with Gasteiger partial charge in [-0.25, -0.2) is 5.43 Å². The fourth-order valence-corrected chi connectivity index (χ4v) is 4.63. The number of rotatable bonds is 7. The van der Waals surface area contributed by atoms with Crippen molar-refractivity contribution in [1.82, 2.24) is 5.43 Å². The number of anilines is 2. The molecule has 11 heteroatoms. The molecule has 0 aliphatic carbocycles. The highest BCUT2D eigenvalue weighted by Gasteiger charge is 2.33. The second-order valence-corrected chi connectivity index (χ2v) is 9.68. The molecule has 1 aliphatic rings. The Labute approximate surface area is 233 Å². The van der Waals surface area contributed by atoms with E-state index < -0.39 is 28.6 Å². The molecule has 1 saturated heterocycles. The molecule has 2 amide bonds. The van der Waals surface area contributed by atoms with E-state index in [4.69, 9.17) is 23.2 Å². The molecule has 6 nitrogen and oxygen atoms in total. The molecule has 0 bridgehead atoms. The third-order valence-electron chi connectivity index (χ3n) is 6.24. The van der Waals surface area contributed by atoms with Crippen LogP contribution in [0.1, 0.15) is 56.7 Å². The van der Waals surface area contributed by atoms with Gasteiger partial charge < -0.3 is 10.2 Å². The first-order valence-electron chi connectivity index (χ1n) is 12.2. The smallest absolute Gasteiger partial charge is 0.372 e. The van der Waals surface area contributed by atoms with Gasteiger partial charge in [0.2, 0.25) is 0 Å². The predicted octanol–water partition coefficient (Wildman–Crippen LogP) is 7.10. The summed E-state index contributed by atoms with van der Waals surface area (Å²) in [6.45, 7) is 1.68. The summed E-state index contributed by atoms with van der Waals surface area (Å²) in [5.74, 6) is -0.818. The number of alkyl halides is 4. The number of nitrogens with zero attached hydrogens (tertiary/aromatic N) is 2. The van der Waals surface area contributed by atoms with Crippen molar-refractivity contribution < 1.29 is 22.8 Å². The minimum Gasteiger partial charge on any atom is -0.372 e. The average molecular weight is 577 g/mol. The lowest BCUT2D eigenvalue weighted by Gasteiger charge is -2.29. The number of hydrogen-bond donors (Lipinski definition) is 2. The summed E-state index contributed by atoms with van der Waals surface area (Å²) < 4.78 is 39.5. The fourth-order valence-electron chi connectivity index (χ4n) is 4.23. The van der Waals surface area contributed by atoms with Gasteiger partial charge in [-0.15, -0.1) is 11.6 Å². The van der Waals surface area contributed by atoms with E-state index in [1.54, 1.807) is 36.4 Å². The number of carbonyl (C=O) groups excluding carboxylic acids is 2. The molecule has 3 aromatic carbocycles. The first-order valence-corrected chi connectivity index (χ1v) is 13.1. The first-order chi connectivity index (χ1) is 18.7. The van der Waals surface area contributed by atoms with Gasteiger partial charge in [-0.1, -0.05) is 29.8 Å². The molecule has 2 N–H and O–H groups in total. The van der Waals surface area contributed by atoms with Crippen LogP contribution in [-0.2, 0) is 12.1 Å². The largest absolute Gasteiger partial charge is 0.417 e. The normalized spacial score (nSPS) is 13.9. The molecule has 0 aromatic heterocycles. The summed E-state index contributed by atoms with van der Waals surface area (Å²) in [7, 11) is 0. The molecule has 1 heterocycles. The quantitative estimate of drug-likeness (QED) is 0.179. The maximum atomic E-state index is 13.2. The van der Waals surface area contributed by atoms with E-state index in [2.05, 4.69) is 20.7 Å².